The van der Waals surface area contributed by atoms with Gasteiger partial charge < -0.3 is 10.5 Å². The molecule has 0 bridgehead atoms. The van der Waals surface area contributed by atoms with E-state index in [1.165, 1.54) is 7.11 Å². The number of methoxy groups -OCH3 is 1. The summed E-state index contributed by atoms with van der Waals surface area (Å²) in [5, 5.41) is 0. The number of nitrogens with two attached hydrogens (primary N) is 1. The largest absolute Gasteiger partial charge is 0.468 e. The zero-order valence-corrected chi connectivity index (χ0v) is 5.90. The van der Waals surface area contributed by atoms with Crippen LogP contribution >= 0.6 is 12.2 Å². The smallest absolute Gasteiger partial charge is 0.315 e. The van der Waals surface area contributed by atoms with E-state index in [1.54, 1.807) is 0 Å². The second-order valence-corrected chi connectivity index (χ2v) is 1.95. The second kappa shape index (κ2) is 3.40. The molecule has 0 aromatic rings. The summed E-state index contributed by atoms with van der Waals surface area (Å²) in [4.78, 5) is 10.6. The average Bonchev–Trinajstić information content (AvgIpc) is 1.84. The minimum Gasteiger partial charge on any atom is -0.468 e. The Labute approximate surface area is 59.2 Å². The number of carbonyl (C=O) groups is 1. The lowest BCUT2D eigenvalue weighted by atomic mass is 10.2. The number of carbonyl (C=O) groups excluding carboxylic acids is 1. The van der Waals surface area contributed by atoms with Crippen molar-refractivity contribution in [2.45, 2.75) is 0 Å². The van der Waals surface area contributed by atoms with Crippen molar-refractivity contribution in [2.24, 2.45) is 11.7 Å². The third kappa shape index (κ3) is 2.41. The Morgan fingerprint density at radius 3 is 2.44 bits per heavy atom. The van der Waals surface area contributed by atoms with E-state index in [-0.39, 0.29) is 4.99 Å². The van der Waals surface area contributed by atoms with Gasteiger partial charge in [0.15, 0.2) is 0 Å². The quantitative estimate of drug-likeness (QED) is 0.436. The monoisotopic (exact) mass is 146 g/mol. The predicted octanol–water partition coefficient (Wildman–Crippen LogP) is -0.104. The van der Waals surface area contributed by atoms with Gasteiger partial charge in [-0.15, -0.1) is 0 Å². The fourth-order valence-corrected chi connectivity index (χ4v) is 0.355. The van der Waals surface area contributed by atoms with E-state index < -0.39 is 11.9 Å². The number of hydrogen-bond acceptors (Lipinski definition) is 3. The van der Waals surface area contributed by atoms with Crippen LogP contribution in [0, 0.1) is 12.8 Å². The molecule has 0 aliphatic carbocycles. The molecule has 0 saturated carbocycles. The van der Waals surface area contributed by atoms with E-state index in [4.69, 9.17) is 5.73 Å². The van der Waals surface area contributed by atoms with Crippen LogP contribution < -0.4 is 5.73 Å². The van der Waals surface area contributed by atoms with Crippen molar-refractivity contribution in [3.05, 3.63) is 6.92 Å². The average molecular weight is 146 g/mol. The van der Waals surface area contributed by atoms with E-state index in [0.717, 1.165) is 0 Å². The molecule has 0 aliphatic heterocycles. The Balaban J connectivity index is 3.88. The van der Waals surface area contributed by atoms with Crippen molar-refractivity contribution < 1.29 is 9.53 Å². The molecule has 1 unspecified atom stereocenters. The first-order valence-corrected chi connectivity index (χ1v) is 2.70. The first kappa shape index (κ1) is 8.36. The normalized spacial score (nSPS) is 12.2. The first-order valence-electron chi connectivity index (χ1n) is 2.29. The second-order valence-electron chi connectivity index (χ2n) is 1.48. The molecular formula is C5H8NO2S. The molecule has 1 radical (unpaired) electrons. The van der Waals surface area contributed by atoms with Gasteiger partial charge in [-0.2, -0.15) is 0 Å². The van der Waals surface area contributed by atoms with Crippen LogP contribution in [0.25, 0.3) is 0 Å². The van der Waals surface area contributed by atoms with Crippen molar-refractivity contribution in [1.29, 1.82) is 0 Å². The maximum Gasteiger partial charge on any atom is 0.315 e. The van der Waals surface area contributed by atoms with Crippen LogP contribution in [-0.2, 0) is 9.53 Å². The third-order valence-corrected chi connectivity index (χ3v) is 1.11. The molecule has 2 N–H and O–H groups in total. The number of ether oxygens (including phenoxy) is 1. The summed E-state index contributed by atoms with van der Waals surface area (Å²) in [6.07, 6.45) is 0. The first-order chi connectivity index (χ1) is 4.09. The molecule has 4 heteroatoms. The third-order valence-electron chi connectivity index (χ3n) is 0.829. The minimum absolute atomic E-state index is 0.0573. The van der Waals surface area contributed by atoms with Gasteiger partial charge in [0.2, 0.25) is 0 Å². The van der Waals surface area contributed by atoms with Crippen LogP contribution in [0.15, 0.2) is 0 Å². The Morgan fingerprint density at radius 1 is 1.89 bits per heavy atom. The maximum atomic E-state index is 10.5. The van der Waals surface area contributed by atoms with E-state index in [9.17, 15) is 4.79 Å². The Hall–Kier alpha value is -0.640. The van der Waals surface area contributed by atoms with E-state index >= 15 is 0 Å². The minimum atomic E-state index is -0.718. The van der Waals surface area contributed by atoms with Gasteiger partial charge in [0.25, 0.3) is 0 Å². The summed E-state index contributed by atoms with van der Waals surface area (Å²) >= 11 is 4.48. The number of hydrogen-bond donors (Lipinski definition) is 1. The molecule has 0 heterocycles. The van der Waals surface area contributed by atoms with Crippen LogP contribution in [0.2, 0.25) is 0 Å². The summed E-state index contributed by atoms with van der Waals surface area (Å²) in [5.74, 6) is -1.22. The van der Waals surface area contributed by atoms with Crippen LogP contribution in [0.1, 0.15) is 0 Å². The lowest BCUT2D eigenvalue weighted by molar-refractivity contribution is -0.141. The highest BCUT2D eigenvalue weighted by atomic mass is 32.1. The summed E-state index contributed by atoms with van der Waals surface area (Å²) in [7, 11) is 1.26. The van der Waals surface area contributed by atoms with Gasteiger partial charge in [-0.3, -0.25) is 4.79 Å². The zero-order chi connectivity index (χ0) is 7.44. The molecular weight excluding hydrogens is 138 g/mol. The predicted molar refractivity (Wildman–Crippen MR) is 37.6 cm³/mol. The number of esters is 1. The van der Waals surface area contributed by atoms with Gasteiger partial charge in [0.1, 0.15) is 5.92 Å². The molecule has 3 nitrogen and oxygen atoms in total. The molecule has 0 spiro atoms. The Morgan fingerprint density at radius 2 is 2.33 bits per heavy atom. The summed E-state index contributed by atoms with van der Waals surface area (Å²) in [6.45, 7) is 3.37. The van der Waals surface area contributed by atoms with E-state index in [0.29, 0.717) is 0 Å². The van der Waals surface area contributed by atoms with Crippen LogP contribution in [0.4, 0.5) is 0 Å². The molecule has 51 valence electrons. The Bertz CT molecular complexity index is 135. The number of thiocarbonyl (C=S) groups is 1. The van der Waals surface area contributed by atoms with E-state index in [2.05, 4.69) is 23.9 Å². The van der Waals surface area contributed by atoms with Crippen molar-refractivity contribution >= 4 is 23.2 Å². The highest BCUT2D eigenvalue weighted by molar-refractivity contribution is 7.80. The lowest BCUT2D eigenvalue weighted by Crippen LogP contribution is -2.27. The summed E-state index contributed by atoms with van der Waals surface area (Å²) < 4.78 is 4.30. The molecule has 1 atom stereocenters. The van der Waals surface area contributed by atoms with Gasteiger partial charge in [-0.1, -0.05) is 12.2 Å². The molecule has 0 rings (SSSR count). The van der Waals surface area contributed by atoms with Crippen LogP contribution in [0.3, 0.4) is 0 Å². The molecule has 0 aliphatic rings. The SMILES string of the molecule is [CH2]C(C(=O)OC)C(N)=S. The zero-order valence-electron chi connectivity index (χ0n) is 5.09. The van der Waals surface area contributed by atoms with Crippen molar-refractivity contribution in [1.82, 2.24) is 0 Å². The van der Waals surface area contributed by atoms with Gasteiger partial charge in [-0.05, 0) is 6.92 Å². The van der Waals surface area contributed by atoms with Crippen molar-refractivity contribution in [2.75, 3.05) is 7.11 Å². The van der Waals surface area contributed by atoms with Gasteiger partial charge in [0.05, 0.1) is 12.1 Å². The van der Waals surface area contributed by atoms with Crippen molar-refractivity contribution in [3.8, 4) is 0 Å². The Kier molecular flexibility index (Phi) is 3.16. The van der Waals surface area contributed by atoms with Gasteiger partial charge >= 0.3 is 5.97 Å². The highest BCUT2D eigenvalue weighted by Gasteiger charge is 2.14. The molecule has 9 heavy (non-hydrogen) atoms. The molecule has 0 saturated heterocycles. The fourth-order valence-electron chi connectivity index (χ4n) is 0.258. The maximum absolute atomic E-state index is 10.5. The molecule has 0 amide bonds. The summed E-state index contributed by atoms with van der Waals surface area (Å²) in [6, 6.07) is 0. The van der Waals surface area contributed by atoms with Gasteiger partial charge in [0, 0.05) is 0 Å². The van der Waals surface area contributed by atoms with E-state index in [1.807, 2.05) is 0 Å². The lowest BCUT2D eigenvalue weighted by Gasteiger charge is -2.04. The summed E-state index contributed by atoms with van der Waals surface area (Å²) in [5.41, 5.74) is 5.08. The molecule has 0 aromatic carbocycles. The fraction of sp³-hybridized carbons (Fsp3) is 0.400. The highest BCUT2D eigenvalue weighted by Crippen LogP contribution is 1.95. The standard InChI is InChI=1S/C5H8NO2S/c1-3(4(6)9)5(7)8-2/h3H,1H2,2H3,(H2,6,9). The van der Waals surface area contributed by atoms with Crippen molar-refractivity contribution in [3.63, 3.8) is 0 Å². The molecule has 0 aromatic heterocycles. The van der Waals surface area contributed by atoms with Gasteiger partial charge in [-0.25, -0.2) is 0 Å². The topological polar surface area (TPSA) is 52.3 Å². The van der Waals surface area contributed by atoms with Crippen LogP contribution in [0.5, 0.6) is 0 Å². The molecule has 0 fully saturated rings. The van der Waals surface area contributed by atoms with Crippen LogP contribution in [-0.4, -0.2) is 18.1 Å². The number of rotatable bonds is 2.